The number of piperidine rings is 1. The van der Waals surface area contributed by atoms with Crippen LogP contribution in [0.15, 0.2) is 17.8 Å². The molecule has 2 aromatic heterocycles. The van der Waals surface area contributed by atoms with E-state index in [1.807, 2.05) is 0 Å². The van der Waals surface area contributed by atoms with Crippen molar-refractivity contribution in [2.45, 2.75) is 12.8 Å². The first kappa shape index (κ1) is 20.6. The van der Waals surface area contributed by atoms with Gasteiger partial charge in [0.15, 0.2) is 0 Å². The number of anilines is 2. The van der Waals surface area contributed by atoms with Gasteiger partial charge in [-0.15, -0.1) is 10.2 Å². The summed E-state index contributed by atoms with van der Waals surface area (Å²) in [7, 11) is 0. The lowest BCUT2D eigenvalue weighted by molar-refractivity contribution is -0.121. The van der Waals surface area contributed by atoms with Crippen LogP contribution in [0.25, 0.3) is 0 Å². The third kappa shape index (κ3) is 5.66. The Morgan fingerprint density at radius 3 is 2.71 bits per heavy atom. The highest BCUT2D eigenvalue weighted by atomic mass is 35.5. The number of rotatable bonds is 6. The number of aromatic nitrogens is 3. The van der Waals surface area contributed by atoms with Gasteiger partial charge in [0.1, 0.15) is 11.3 Å². The first-order valence-corrected chi connectivity index (χ1v) is 10.3. The molecule has 3 N–H and O–H groups in total. The van der Waals surface area contributed by atoms with E-state index >= 15 is 0 Å². The maximum absolute atomic E-state index is 12.3. The number of amides is 3. The molecule has 3 rings (SSSR count). The molecule has 0 aliphatic carbocycles. The molecule has 2 aromatic rings. The third-order valence-corrected chi connectivity index (χ3v) is 5.35. The highest BCUT2D eigenvalue weighted by molar-refractivity contribution is 7.13. The number of nitrogens with one attached hydrogen (secondary N) is 3. The lowest BCUT2D eigenvalue weighted by Crippen LogP contribution is -2.47. The fourth-order valence-electron chi connectivity index (χ4n) is 2.79. The Balaban J connectivity index is 1.35. The second-order valence-corrected chi connectivity index (χ2v) is 7.81. The van der Waals surface area contributed by atoms with Crippen LogP contribution in [-0.4, -0.2) is 58.2 Å². The molecule has 1 aliphatic heterocycles. The van der Waals surface area contributed by atoms with Crippen LogP contribution in [0, 0.1) is 5.92 Å². The van der Waals surface area contributed by atoms with Crippen LogP contribution in [0.2, 0.25) is 10.0 Å². The van der Waals surface area contributed by atoms with Crippen molar-refractivity contribution in [1.29, 1.82) is 0 Å². The van der Waals surface area contributed by atoms with E-state index in [0.717, 1.165) is 0 Å². The van der Waals surface area contributed by atoms with Crippen molar-refractivity contribution < 1.29 is 9.59 Å². The van der Waals surface area contributed by atoms with Gasteiger partial charge in [0.2, 0.25) is 11.0 Å². The van der Waals surface area contributed by atoms with Gasteiger partial charge < -0.3 is 20.9 Å². The van der Waals surface area contributed by atoms with Crippen molar-refractivity contribution in [2.24, 2.45) is 5.92 Å². The Labute approximate surface area is 175 Å². The Bertz CT molecular complexity index is 813. The molecule has 28 heavy (non-hydrogen) atoms. The summed E-state index contributed by atoms with van der Waals surface area (Å²) in [6, 6.07) is 1.45. The second-order valence-electron chi connectivity index (χ2n) is 6.14. The average molecular weight is 444 g/mol. The number of nitrogens with zero attached hydrogens (tertiary/aromatic N) is 4. The summed E-state index contributed by atoms with van der Waals surface area (Å²) in [4.78, 5) is 30.3. The van der Waals surface area contributed by atoms with E-state index in [0.29, 0.717) is 60.0 Å². The highest BCUT2D eigenvalue weighted by Gasteiger charge is 2.27. The minimum atomic E-state index is -0.153. The third-order valence-electron chi connectivity index (χ3n) is 4.24. The van der Waals surface area contributed by atoms with E-state index in [9.17, 15) is 9.59 Å². The zero-order valence-corrected chi connectivity index (χ0v) is 17.1. The van der Waals surface area contributed by atoms with Crippen LogP contribution in [0.1, 0.15) is 12.8 Å². The molecule has 0 radical (unpaired) electrons. The van der Waals surface area contributed by atoms with Crippen LogP contribution >= 0.6 is 34.5 Å². The Morgan fingerprint density at radius 1 is 1.25 bits per heavy atom. The van der Waals surface area contributed by atoms with Crippen molar-refractivity contribution in [3.8, 4) is 0 Å². The first-order chi connectivity index (χ1) is 13.5. The van der Waals surface area contributed by atoms with Gasteiger partial charge in [-0.05, 0) is 18.9 Å². The number of hydrogen-bond acceptors (Lipinski definition) is 7. The molecule has 0 bridgehead atoms. The summed E-state index contributed by atoms with van der Waals surface area (Å²) in [6.45, 7) is 1.94. The van der Waals surface area contributed by atoms with Crippen LogP contribution in [0.4, 0.5) is 15.7 Å². The summed E-state index contributed by atoms with van der Waals surface area (Å²) in [6.07, 6.45) is 2.72. The van der Waals surface area contributed by atoms with Gasteiger partial charge in [0.25, 0.3) is 0 Å². The summed E-state index contributed by atoms with van der Waals surface area (Å²) in [5, 5.41) is 17.5. The molecular weight excluding hydrogens is 425 g/mol. The average Bonchev–Trinajstić information content (AvgIpc) is 3.19. The predicted molar refractivity (Wildman–Crippen MR) is 109 cm³/mol. The molecule has 12 heteroatoms. The summed E-state index contributed by atoms with van der Waals surface area (Å²) >= 11 is 13.1. The number of carbonyl (C=O) groups is 2. The summed E-state index contributed by atoms with van der Waals surface area (Å²) in [5.74, 6) is 0.309. The lowest BCUT2D eigenvalue weighted by Gasteiger charge is -2.31. The number of hydrogen-bond donors (Lipinski definition) is 3. The van der Waals surface area contributed by atoms with Gasteiger partial charge in [0.05, 0.1) is 10.0 Å². The predicted octanol–water partition coefficient (Wildman–Crippen LogP) is 2.71. The SMILES string of the molecule is O=C(Nc1nncs1)C1CCN(C(=O)NCCNc2ncc(Cl)cc2Cl)CC1. The second kappa shape index (κ2) is 9.85. The van der Waals surface area contributed by atoms with Gasteiger partial charge in [-0.1, -0.05) is 34.5 Å². The maximum atomic E-state index is 12.3. The van der Waals surface area contributed by atoms with Gasteiger partial charge in [-0.25, -0.2) is 9.78 Å². The first-order valence-electron chi connectivity index (χ1n) is 8.67. The van der Waals surface area contributed by atoms with Crippen LogP contribution in [-0.2, 0) is 4.79 Å². The summed E-state index contributed by atoms with van der Waals surface area (Å²) in [5.41, 5.74) is 1.56. The monoisotopic (exact) mass is 443 g/mol. The van der Waals surface area contributed by atoms with Gasteiger partial charge in [-0.3, -0.25) is 4.79 Å². The highest BCUT2D eigenvalue weighted by Crippen LogP contribution is 2.22. The molecule has 3 amide bonds. The van der Waals surface area contributed by atoms with E-state index in [2.05, 4.69) is 31.1 Å². The smallest absolute Gasteiger partial charge is 0.317 e. The van der Waals surface area contributed by atoms with Gasteiger partial charge in [-0.2, -0.15) is 0 Å². The van der Waals surface area contributed by atoms with Gasteiger partial charge in [0, 0.05) is 38.3 Å². The van der Waals surface area contributed by atoms with Gasteiger partial charge >= 0.3 is 6.03 Å². The molecule has 0 unspecified atom stereocenters. The zero-order chi connectivity index (χ0) is 19.9. The molecular formula is C16H19Cl2N7O2S. The number of likely N-dealkylation sites (tertiary alicyclic amines) is 1. The van der Waals surface area contributed by atoms with Crippen molar-refractivity contribution in [1.82, 2.24) is 25.4 Å². The van der Waals surface area contributed by atoms with E-state index in [-0.39, 0.29) is 17.9 Å². The molecule has 1 fully saturated rings. The minimum absolute atomic E-state index is 0.0756. The minimum Gasteiger partial charge on any atom is -0.367 e. The molecule has 1 saturated heterocycles. The molecule has 9 nitrogen and oxygen atoms in total. The molecule has 0 atom stereocenters. The molecule has 0 aromatic carbocycles. The topological polar surface area (TPSA) is 112 Å². The molecule has 0 spiro atoms. The van der Waals surface area contributed by atoms with Crippen molar-refractivity contribution in [3.63, 3.8) is 0 Å². The molecule has 3 heterocycles. The quantitative estimate of drug-likeness (QED) is 0.591. The maximum Gasteiger partial charge on any atom is 0.317 e. The van der Waals surface area contributed by atoms with E-state index in [1.165, 1.54) is 17.5 Å². The number of pyridine rings is 1. The van der Waals surface area contributed by atoms with Crippen LogP contribution in [0.3, 0.4) is 0 Å². The fraction of sp³-hybridized carbons (Fsp3) is 0.438. The lowest BCUT2D eigenvalue weighted by atomic mass is 9.96. The molecule has 1 aliphatic rings. The van der Waals surface area contributed by atoms with Crippen LogP contribution < -0.4 is 16.0 Å². The largest absolute Gasteiger partial charge is 0.367 e. The van der Waals surface area contributed by atoms with E-state index in [4.69, 9.17) is 23.2 Å². The van der Waals surface area contributed by atoms with Crippen LogP contribution in [0.5, 0.6) is 0 Å². The molecule has 0 saturated carbocycles. The fourth-order valence-corrected chi connectivity index (χ4v) is 3.68. The zero-order valence-electron chi connectivity index (χ0n) is 14.8. The van der Waals surface area contributed by atoms with E-state index < -0.39 is 0 Å². The Morgan fingerprint density at radius 2 is 2.04 bits per heavy atom. The van der Waals surface area contributed by atoms with E-state index in [1.54, 1.807) is 16.5 Å². The number of carbonyl (C=O) groups excluding carboxylic acids is 2. The van der Waals surface area contributed by atoms with Crippen molar-refractivity contribution >= 4 is 57.4 Å². The van der Waals surface area contributed by atoms with Crippen molar-refractivity contribution in [3.05, 3.63) is 27.8 Å². The Hall–Kier alpha value is -2.17. The van der Waals surface area contributed by atoms with Crippen molar-refractivity contribution in [2.75, 3.05) is 36.8 Å². The number of urea groups is 1. The summed E-state index contributed by atoms with van der Waals surface area (Å²) < 4.78 is 0. The normalized spacial score (nSPS) is 14.6. The number of halogens is 2. The molecule has 150 valence electrons. The Kier molecular flexibility index (Phi) is 7.24. The standard InChI is InChI=1S/C16H19Cl2N7O2S/c17-11-7-12(18)13(21-8-11)19-3-4-20-16(27)25-5-1-10(2-6-25)14(26)23-15-24-22-9-28-15/h7-10H,1-6H2,(H,19,21)(H,20,27)(H,23,24,26).